The third-order valence-corrected chi connectivity index (χ3v) is 8.05. The molecule has 0 bridgehead atoms. The van der Waals surface area contributed by atoms with Crippen molar-refractivity contribution in [3.63, 3.8) is 0 Å². The van der Waals surface area contributed by atoms with E-state index in [1.807, 2.05) is 6.07 Å². The van der Waals surface area contributed by atoms with Crippen molar-refractivity contribution in [2.45, 2.75) is 68.7 Å². The third kappa shape index (κ3) is 6.59. The minimum absolute atomic E-state index is 0.0540. The topological polar surface area (TPSA) is 135 Å². The zero-order valence-corrected chi connectivity index (χ0v) is 21.1. The number of amides is 4. The molecule has 3 N–H and O–H groups in total. The van der Waals surface area contributed by atoms with Gasteiger partial charge in [-0.05, 0) is 43.9 Å². The molecule has 6 atom stereocenters. The lowest BCUT2D eigenvalue weighted by Gasteiger charge is -2.41. The molecular formula is C24H31F5N6O4. The van der Waals surface area contributed by atoms with Crippen LogP contribution in [0.15, 0.2) is 0 Å². The first-order chi connectivity index (χ1) is 18.3. The molecule has 4 aliphatic rings. The molecule has 0 radical (unpaired) electrons. The molecule has 39 heavy (non-hydrogen) atoms. The van der Waals surface area contributed by atoms with Gasteiger partial charge in [0, 0.05) is 25.6 Å². The highest BCUT2D eigenvalue weighted by molar-refractivity contribution is 5.94. The van der Waals surface area contributed by atoms with Crippen LogP contribution in [0, 0.1) is 29.1 Å². The predicted molar refractivity (Wildman–Crippen MR) is 124 cm³/mol. The van der Waals surface area contributed by atoms with E-state index in [0.29, 0.717) is 25.8 Å². The molecule has 15 heteroatoms. The summed E-state index contributed by atoms with van der Waals surface area (Å²) >= 11 is 0. The van der Waals surface area contributed by atoms with E-state index in [4.69, 9.17) is 0 Å². The average Bonchev–Trinajstić information content (AvgIpc) is 3.43. The van der Waals surface area contributed by atoms with Gasteiger partial charge in [0.25, 0.3) is 5.92 Å². The van der Waals surface area contributed by atoms with E-state index in [1.54, 1.807) is 5.32 Å². The van der Waals surface area contributed by atoms with Gasteiger partial charge in [-0.1, -0.05) is 6.42 Å². The SMILES string of the molecule is N#C[C@H](C[C@@H]1CCCNC1=O)NC(=O)[C@@H]1[C@H]2CCCC2CN1C(=O)[C@H](CN1CC(F)(F)C1)NC(=O)C(F)(F)F. The van der Waals surface area contributed by atoms with E-state index >= 15 is 0 Å². The number of alkyl halides is 5. The fourth-order valence-corrected chi connectivity index (χ4v) is 6.24. The molecule has 4 rings (SSSR count). The van der Waals surface area contributed by atoms with Crippen LogP contribution in [0.5, 0.6) is 0 Å². The van der Waals surface area contributed by atoms with Crippen molar-refractivity contribution in [1.82, 2.24) is 25.8 Å². The number of likely N-dealkylation sites (tertiary alicyclic amines) is 2. The van der Waals surface area contributed by atoms with Crippen LogP contribution in [0.2, 0.25) is 0 Å². The van der Waals surface area contributed by atoms with Crippen molar-refractivity contribution in [3.05, 3.63) is 0 Å². The van der Waals surface area contributed by atoms with E-state index in [0.717, 1.165) is 22.6 Å². The van der Waals surface area contributed by atoms with Crippen LogP contribution >= 0.6 is 0 Å². The highest BCUT2D eigenvalue weighted by Crippen LogP contribution is 2.42. The number of carbonyl (C=O) groups excluding carboxylic acids is 4. The number of halogens is 5. The van der Waals surface area contributed by atoms with Crippen molar-refractivity contribution in [2.24, 2.45) is 17.8 Å². The summed E-state index contributed by atoms with van der Waals surface area (Å²) in [6.45, 7) is -1.53. The maximum Gasteiger partial charge on any atom is 0.471 e. The highest BCUT2D eigenvalue weighted by atomic mass is 19.4. The molecular weight excluding hydrogens is 531 g/mol. The summed E-state index contributed by atoms with van der Waals surface area (Å²) in [5.41, 5.74) is 0. The van der Waals surface area contributed by atoms with Gasteiger partial charge >= 0.3 is 12.1 Å². The Morgan fingerprint density at radius 3 is 2.46 bits per heavy atom. The molecule has 4 amide bonds. The van der Waals surface area contributed by atoms with Gasteiger partial charge in [-0.3, -0.25) is 24.1 Å². The van der Waals surface area contributed by atoms with Gasteiger partial charge in [0.2, 0.25) is 17.7 Å². The van der Waals surface area contributed by atoms with Crippen LogP contribution < -0.4 is 16.0 Å². The molecule has 3 heterocycles. The van der Waals surface area contributed by atoms with E-state index in [9.17, 15) is 46.4 Å². The summed E-state index contributed by atoms with van der Waals surface area (Å²) in [7, 11) is 0. The van der Waals surface area contributed by atoms with Crippen LogP contribution in [0.4, 0.5) is 22.0 Å². The number of fused-ring (bicyclic) bond motifs is 1. The molecule has 1 unspecified atom stereocenters. The normalized spacial score (nSPS) is 29.8. The van der Waals surface area contributed by atoms with Crippen LogP contribution in [0.3, 0.4) is 0 Å². The molecule has 4 fully saturated rings. The summed E-state index contributed by atoms with van der Waals surface area (Å²) < 4.78 is 65.7. The monoisotopic (exact) mass is 562 g/mol. The Balaban J connectivity index is 1.50. The zero-order chi connectivity index (χ0) is 28.5. The lowest BCUT2D eigenvalue weighted by atomic mass is 9.90. The van der Waals surface area contributed by atoms with Gasteiger partial charge in [0.1, 0.15) is 18.1 Å². The van der Waals surface area contributed by atoms with E-state index in [2.05, 4.69) is 10.6 Å². The standard InChI is InChI=1S/C24H31F5N6O4/c25-23(26)11-34(12-23)10-17(33-22(39)24(27,28)29)21(38)35-9-14-3-1-5-16(14)18(35)20(37)32-15(8-30)7-13-4-2-6-31-19(13)36/h13-18H,1-7,9-12H2,(H,31,36)(H,32,37)(H,33,39)/t13-,14?,15-,16-,17-,18-/m0/s1. The summed E-state index contributed by atoms with van der Waals surface area (Å²) in [6, 6.07) is -1.98. The van der Waals surface area contributed by atoms with Gasteiger partial charge in [0.05, 0.1) is 19.2 Å². The largest absolute Gasteiger partial charge is 0.471 e. The number of nitrogens with one attached hydrogen (secondary N) is 3. The van der Waals surface area contributed by atoms with Crippen molar-refractivity contribution < 1.29 is 41.1 Å². The van der Waals surface area contributed by atoms with Crippen LogP contribution in [0.25, 0.3) is 0 Å². The van der Waals surface area contributed by atoms with Gasteiger partial charge < -0.3 is 20.9 Å². The Morgan fingerprint density at radius 2 is 1.85 bits per heavy atom. The Labute approximate surface area is 221 Å². The molecule has 1 saturated carbocycles. The molecule has 0 aromatic heterocycles. The van der Waals surface area contributed by atoms with Gasteiger partial charge in [-0.15, -0.1) is 0 Å². The maximum absolute atomic E-state index is 13.5. The molecule has 1 aliphatic carbocycles. The molecule has 0 spiro atoms. The number of rotatable bonds is 8. The summed E-state index contributed by atoms with van der Waals surface area (Å²) in [6.07, 6.45) is -1.92. The first kappa shape index (κ1) is 29.0. The number of hydrogen-bond acceptors (Lipinski definition) is 6. The average molecular weight is 563 g/mol. The number of nitriles is 1. The molecule has 0 aromatic carbocycles. The maximum atomic E-state index is 13.5. The molecule has 0 aromatic rings. The van der Waals surface area contributed by atoms with Crippen molar-refractivity contribution >= 4 is 23.6 Å². The Morgan fingerprint density at radius 1 is 1.13 bits per heavy atom. The molecule has 3 aliphatic heterocycles. The number of nitrogens with zero attached hydrogens (tertiary/aromatic N) is 3. The van der Waals surface area contributed by atoms with Gasteiger partial charge in [-0.25, -0.2) is 8.78 Å². The quantitative estimate of drug-likeness (QED) is 0.370. The number of piperidine rings is 1. The summed E-state index contributed by atoms with van der Waals surface area (Å²) in [4.78, 5) is 53.0. The zero-order valence-electron chi connectivity index (χ0n) is 21.1. The fourth-order valence-electron chi connectivity index (χ4n) is 6.24. The summed E-state index contributed by atoms with van der Waals surface area (Å²) in [5.74, 6) is -8.18. The highest BCUT2D eigenvalue weighted by Gasteiger charge is 2.53. The molecule has 216 valence electrons. The van der Waals surface area contributed by atoms with Crippen molar-refractivity contribution in [1.29, 1.82) is 5.26 Å². The lowest BCUT2D eigenvalue weighted by Crippen LogP contribution is -2.64. The second-order valence-electron chi connectivity index (χ2n) is 10.9. The van der Waals surface area contributed by atoms with Crippen molar-refractivity contribution in [3.8, 4) is 6.07 Å². The van der Waals surface area contributed by atoms with E-state index in [-0.39, 0.29) is 30.7 Å². The number of carbonyl (C=O) groups is 4. The van der Waals surface area contributed by atoms with E-state index in [1.165, 1.54) is 0 Å². The Hall–Kier alpha value is -3.02. The first-order valence-corrected chi connectivity index (χ1v) is 13.0. The minimum Gasteiger partial charge on any atom is -0.356 e. The predicted octanol–water partition coefficient (Wildman–Crippen LogP) is 0.536. The number of hydrogen-bond donors (Lipinski definition) is 3. The van der Waals surface area contributed by atoms with Crippen molar-refractivity contribution in [2.75, 3.05) is 32.7 Å². The minimum atomic E-state index is -5.30. The third-order valence-electron chi connectivity index (χ3n) is 8.05. The Bertz CT molecular complexity index is 1030. The second-order valence-corrected chi connectivity index (χ2v) is 10.9. The van der Waals surface area contributed by atoms with Crippen LogP contribution in [-0.4, -0.2) is 96.4 Å². The first-order valence-electron chi connectivity index (χ1n) is 13.0. The van der Waals surface area contributed by atoms with Gasteiger partial charge in [0.15, 0.2) is 0 Å². The molecule has 10 nitrogen and oxygen atoms in total. The van der Waals surface area contributed by atoms with E-state index < -0.39 is 73.5 Å². The smallest absolute Gasteiger partial charge is 0.356 e. The second kappa shape index (κ2) is 11.2. The Kier molecular flexibility index (Phi) is 8.34. The summed E-state index contributed by atoms with van der Waals surface area (Å²) in [5, 5.41) is 16.6. The van der Waals surface area contributed by atoms with Crippen LogP contribution in [0.1, 0.15) is 38.5 Å². The van der Waals surface area contributed by atoms with Gasteiger partial charge in [-0.2, -0.15) is 18.4 Å². The molecule has 3 saturated heterocycles. The lowest BCUT2D eigenvalue weighted by molar-refractivity contribution is -0.176. The van der Waals surface area contributed by atoms with Crippen LogP contribution in [-0.2, 0) is 19.2 Å². The fraction of sp³-hybridized carbons (Fsp3) is 0.792.